The molecule has 0 unspecified atom stereocenters. The third-order valence-corrected chi connectivity index (χ3v) is 4.50. The van der Waals surface area contributed by atoms with E-state index in [2.05, 4.69) is 4.90 Å². The normalized spacial score (nSPS) is 21.9. The SMILES string of the molecule is NC(=O)[C@@]1(c2ccccc2)CCN(Cc2ccccc2F)C1. The van der Waals surface area contributed by atoms with E-state index in [0.717, 1.165) is 12.1 Å². The molecule has 4 heteroatoms. The molecule has 0 saturated carbocycles. The molecule has 3 nitrogen and oxygen atoms in total. The molecular formula is C18H19FN2O. The summed E-state index contributed by atoms with van der Waals surface area (Å²) in [6, 6.07) is 16.4. The van der Waals surface area contributed by atoms with Gasteiger partial charge in [0.25, 0.3) is 0 Å². The van der Waals surface area contributed by atoms with Crippen LogP contribution in [0, 0.1) is 5.82 Å². The van der Waals surface area contributed by atoms with E-state index in [1.54, 1.807) is 12.1 Å². The molecule has 0 radical (unpaired) electrons. The number of benzene rings is 2. The Labute approximate surface area is 129 Å². The monoisotopic (exact) mass is 298 g/mol. The number of carbonyl (C=O) groups excluding carboxylic acids is 1. The quantitative estimate of drug-likeness (QED) is 0.942. The fourth-order valence-electron chi connectivity index (χ4n) is 3.23. The van der Waals surface area contributed by atoms with Crippen molar-refractivity contribution in [3.63, 3.8) is 0 Å². The minimum Gasteiger partial charge on any atom is -0.369 e. The van der Waals surface area contributed by atoms with Crippen molar-refractivity contribution in [3.05, 3.63) is 71.5 Å². The first-order chi connectivity index (χ1) is 10.6. The molecule has 1 heterocycles. The van der Waals surface area contributed by atoms with Gasteiger partial charge in [-0.15, -0.1) is 0 Å². The van der Waals surface area contributed by atoms with Gasteiger partial charge in [-0.25, -0.2) is 4.39 Å². The fraction of sp³-hybridized carbons (Fsp3) is 0.278. The second-order valence-corrected chi connectivity index (χ2v) is 5.86. The number of carbonyl (C=O) groups is 1. The number of amides is 1. The number of nitrogens with two attached hydrogens (primary N) is 1. The third kappa shape index (κ3) is 2.62. The average molecular weight is 298 g/mol. The van der Waals surface area contributed by atoms with Gasteiger partial charge in [-0.1, -0.05) is 48.5 Å². The average Bonchev–Trinajstić information content (AvgIpc) is 2.96. The van der Waals surface area contributed by atoms with E-state index in [9.17, 15) is 9.18 Å². The second kappa shape index (κ2) is 5.89. The molecule has 1 aliphatic heterocycles. The van der Waals surface area contributed by atoms with E-state index in [1.165, 1.54) is 6.07 Å². The Kier molecular flexibility index (Phi) is 3.94. The van der Waals surface area contributed by atoms with E-state index >= 15 is 0 Å². The zero-order valence-corrected chi connectivity index (χ0v) is 12.3. The lowest BCUT2D eigenvalue weighted by Gasteiger charge is -2.26. The Bertz CT molecular complexity index is 674. The Morgan fingerprint density at radius 3 is 2.50 bits per heavy atom. The van der Waals surface area contributed by atoms with Crippen LogP contribution in [-0.2, 0) is 16.8 Å². The van der Waals surface area contributed by atoms with E-state index in [-0.39, 0.29) is 11.7 Å². The summed E-state index contributed by atoms with van der Waals surface area (Å²) in [7, 11) is 0. The molecule has 2 N–H and O–H groups in total. The molecule has 3 rings (SSSR count). The van der Waals surface area contributed by atoms with Crippen LogP contribution >= 0.6 is 0 Å². The Balaban J connectivity index is 1.83. The summed E-state index contributed by atoms with van der Waals surface area (Å²) in [6.07, 6.45) is 0.667. The molecule has 0 aromatic heterocycles. The highest BCUT2D eigenvalue weighted by atomic mass is 19.1. The minimum absolute atomic E-state index is 0.209. The summed E-state index contributed by atoms with van der Waals surface area (Å²) in [5.41, 5.74) is 6.63. The van der Waals surface area contributed by atoms with Crippen LogP contribution in [0.1, 0.15) is 17.5 Å². The molecule has 2 aromatic carbocycles. The lowest BCUT2D eigenvalue weighted by atomic mass is 9.79. The maximum Gasteiger partial charge on any atom is 0.229 e. The van der Waals surface area contributed by atoms with Crippen molar-refractivity contribution in [2.75, 3.05) is 13.1 Å². The summed E-state index contributed by atoms with van der Waals surface area (Å²) < 4.78 is 13.8. The van der Waals surface area contributed by atoms with Gasteiger partial charge in [-0.05, 0) is 24.6 Å². The zero-order chi connectivity index (χ0) is 15.6. The van der Waals surface area contributed by atoms with Crippen molar-refractivity contribution in [2.45, 2.75) is 18.4 Å². The van der Waals surface area contributed by atoms with Crippen molar-refractivity contribution in [3.8, 4) is 0 Å². The molecule has 1 saturated heterocycles. The van der Waals surface area contributed by atoms with Gasteiger partial charge in [-0.2, -0.15) is 0 Å². The molecule has 0 spiro atoms. The highest BCUT2D eigenvalue weighted by Crippen LogP contribution is 2.35. The molecular weight excluding hydrogens is 279 g/mol. The van der Waals surface area contributed by atoms with Gasteiger partial charge in [-0.3, -0.25) is 9.69 Å². The largest absolute Gasteiger partial charge is 0.369 e. The summed E-state index contributed by atoms with van der Waals surface area (Å²) >= 11 is 0. The summed E-state index contributed by atoms with van der Waals surface area (Å²) in [6.45, 7) is 1.75. The van der Waals surface area contributed by atoms with Gasteiger partial charge in [0.1, 0.15) is 5.82 Å². The van der Waals surface area contributed by atoms with E-state index in [1.807, 2.05) is 36.4 Å². The third-order valence-electron chi connectivity index (χ3n) is 4.50. The first kappa shape index (κ1) is 14.7. The smallest absolute Gasteiger partial charge is 0.229 e. The summed E-state index contributed by atoms with van der Waals surface area (Å²) in [5, 5.41) is 0. The maximum atomic E-state index is 13.8. The van der Waals surface area contributed by atoms with Crippen molar-refractivity contribution >= 4 is 5.91 Å². The standard InChI is InChI=1S/C18H19FN2O/c19-16-9-5-4-6-14(16)12-21-11-10-18(13-21,17(20)22)15-7-2-1-3-8-15/h1-9H,10-13H2,(H2,20,22)/t18-/m0/s1. The van der Waals surface area contributed by atoms with Crippen molar-refractivity contribution in [1.82, 2.24) is 4.90 Å². The highest BCUT2D eigenvalue weighted by molar-refractivity contribution is 5.87. The molecule has 114 valence electrons. The predicted molar refractivity (Wildman–Crippen MR) is 83.6 cm³/mol. The van der Waals surface area contributed by atoms with Gasteiger partial charge in [0.15, 0.2) is 0 Å². The van der Waals surface area contributed by atoms with Crippen LogP contribution in [-0.4, -0.2) is 23.9 Å². The van der Waals surface area contributed by atoms with Gasteiger partial charge in [0.05, 0.1) is 5.41 Å². The van der Waals surface area contributed by atoms with Crippen LogP contribution in [0.25, 0.3) is 0 Å². The van der Waals surface area contributed by atoms with Crippen LogP contribution in [0.2, 0.25) is 0 Å². The molecule has 1 fully saturated rings. The van der Waals surface area contributed by atoms with E-state index in [4.69, 9.17) is 5.73 Å². The molecule has 22 heavy (non-hydrogen) atoms. The van der Waals surface area contributed by atoms with Gasteiger partial charge in [0.2, 0.25) is 5.91 Å². The van der Waals surface area contributed by atoms with E-state index < -0.39 is 5.41 Å². The van der Waals surface area contributed by atoms with Crippen LogP contribution in [0.15, 0.2) is 54.6 Å². The summed E-state index contributed by atoms with van der Waals surface area (Å²) in [4.78, 5) is 14.2. The number of hydrogen-bond acceptors (Lipinski definition) is 2. The minimum atomic E-state index is -0.674. The topological polar surface area (TPSA) is 46.3 Å². The van der Waals surface area contributed by atoms with Gasteiger partial charge in [0, 0.05) is 18.7 Å². The zero-order valence-electron chi connectivity index (χ0n) is 12.3. The predicted octanol–water partition coefficient (Wildman–Crippen LogP) is 2.45. The van der Waals surface area contributed by atoms with Crippen LogP contribution in [0.5, 0.6) is 0 Å². The van der Waals surface area contributed by atoms with Crippen molar-refractivity contribution in [2.24, 2.45) is 5.73 Å². The lowest BCUT2D eigenvalue weighted by molar-refractivity contribution is -0.123. The number of hydrogen-bond donors (Lipinski definition) is 1. The first-order valence-electron chi connectivity index (χ1n) is 7.43. The number of nitrogens with zero attached hydrogens (tertiary/aromatic N) is 1. The number of likely N-dealkylation sites (tertiary alicyclic amines) is 1. The maximum absolute atomic E-state index is 13.8. The Morgan fingerprint density at radius 2 is 1.82 bits per heavy atom. The Morgan fingerprint density at radius 1 is 1.14 bits per heavy atom. The molecule has 1 aliphatic rings. The molecule has 1 amide bonds. The number of halogens is 1. The number of rotatable bonds is 4. The highest BCUT2D eigenvalue weighted by Gasteiger charge is 2.44. The van der Waals surface area contributed by atoms with Crippen molar-refractivity contribution in [1.29, 1.82) is 0 Å². The van der Waals surface area contributed by atoms with E-state index in [0.29, 0.717) is 25.1 Å². The molecule has 0 bridgehead atoms. The molecule has 2 aromatic rings. The lowest BCUT2D eigenvalue weighted by Crippen LogP contribution is -2.43. The Hall–Kier alpha value is -2.20. The van der Waals surface area contributed by atoms with Gasteiger partial charge < -0.3 is 5.73 Å². The molecule has 1 atom stereocenters. The van der Waals surface area contributed by atoms with Crippen LogP contribution in [0.3, 0.4) is 0 Å². The molecule has 0 aliphatic carbocycles. The van der Waals surface area contributed by atoms with Crippen LogP contribution < -0.4 is 5.73 Å². The van der Waals surface area contributed by atoms with Gasteiger partial charge >= 0.3 is 0 Å². The van der Waals surface area contributed by atoms with Crippen molar-refractivity contribution < 1.29 is 9.18 Å². The summed E-state index contributed by atoms with van der Waals surface area (Å²) in [5.74, 6) is -0.520. The first-order valence-corrected chi connectivity index (χ1v) is 7.43. The fourth-order valence-corrected chi connectivity index (χ4v) is 3.23. The number of primary amides is 1. The van der Waals surface area contributed by atoms with Crippen LogP contribution in [0.4, 0.5) is 4.39 Å². The second-order valence-electron chi connectivity index (χ2n) is 5.86.